The summed E-state index contributed by atoms with van der Waals surface area (Å²) in [6.07, 6.45) is 0. The quantitative estimate of drug-likeness (QED) is 0.774. The molecule has 0 radical (unpaired) electrons. The lowest BCUT2D eigenvalue weighted by atomic mass is 10.1. The number of fused-ring (bicyclic) bond motifs is 1. The van der Waals surface area contributed by atoms with Crippen molar-refractivity contribution in [1.29, 1.82) is 0 Å². The van der Waals surface area contributed by atoms with Crippen molar-refractivity contribution in [3.05, 3.63) is 59.1 Å². The molecule has 2 aromatic carbocycles. The highest BCUT2D eigenvalue weighted by Gasteiger charge is 2.47. The van der Waals surface area contributed by atoms with Gasteiger partial charge in [-0.2, -0.15) is 0 Å². The normalized spacial score (nSPS) is 22.3. The van der Waals surface area contributed by atoms with Gasteiger partial charge < -0.3 is 10.2 Å². The van der Waals surface area contributed by atoms with Crippen LogP contribution >= 0.6 is 23.4 Å². The minimum absolute atomic E-state index is 0.0545. The molecule has 1 N–H and O–H groups in total. The molecule has 29 heavy (non-hydrogen) atoms. The molecule has 0 spiro atoms. The van der Waals surface area contributed by atoms with E-state index in [4.69, 9.17) is 11.6 Å². The van der Waals surface area contributed by atoms with Gasteiger partial charge in [-0.25, -0.2) is 8.42 Å². The van der Waals surface area contributed by atoms with E-state index in [9.17, 15) is 13.2 Å². The van der Waals surface area contributed by atoms with Crippen LogP contribution in [0.5, 0.6) is 0 Å². The van der Waals surface area contributed by atoms with Crippen LogP contribution in [0.3, 0.4) is 0 Å². The van der Waals surface area contributed by atoms with Crippen molar-refractivity contribution in [2.45, 2.75) is 19.0 Å². The van der Waals surface area contributed by atoms with E-state index in [0.717, 1.165) is 11.3 Å². The number of nitrogens with zero attached hydrogens (tertiary/aromatic N) is 2. The van der Waals surface area contributed by atoms with E-state index in [1.54, 1.807) is 12.1 Å². The van der Waals surface area contributed by atoms with Gasteiger partial charge in [0, 0.05) is 16.4 Å². The molecular weight excluding hydrogens is 430 g/mol. The number of amides is 1. The lowest BCUT2D eigenvalue weighted by molar-refractivity contribution is -0.113. The van der Waals surface area contributed by atoms with Crippen molar-refractivity contribution >= 4 is 55.6 Å². The zero-order chi connectivity index (χ0) is 20.6. The lowest BCUT2D eigenvalue weighted by Gasteiger charge is -2.26. The third-order valence-corrected chi connectivity index (χ3v) is 8.09. The summed E-state index contributed by atoms with van der Waals surface area (Å²) >= 11 is 7.43. The monoisotopic (exact) mass is 449 g/mol. The molecule has 0 bridgehead atoms. The molecule has 2 atom stereocenters. The van der Waals surface area contributed by atoms with Crippen LogP contribution in [0.1, 0.15) is 5.56 Å². The Labute approximate surface area is 179 Å². The number of nitrogens with one attached hydrogen (secondary N) is 1. The van der Waals surface area contributed by atoms with Crippen LogP contribution in [-0.2, 0) is 14.6 Å². The van der Waals surface area contributed by atoms with Gasteiger partial charge in [-0.15, -0.1) is 0 Å². The molecule has 9 heteroatoms. The topological polar surface area (TPSA) is 78.8 Å². The number of anilines is 2. The molecular formula is C20H20ClN3O3S2. The molecule has 0 saturated carbocycles. The predicted octanol–water partition coefficient (Wildman–Crippen LogP) is 3.36. The first-order chi connectivity index (χ1) is 13.8. The van der Waals surface area contributed by atoms with Crippen molar-refractivity contribution in [1.82, 2.24) is 0 Å². The number of carbonyl (C=O) groups excluding carboxylic acids is 1. The van der Waals surface area contributed by atoms with Gasteiger partial charge in [-0.05, 0) is 36.8 Å². The number of sulfone groups is 1. The standard InChI is InChI=1S/C20H20ClN3O3S2/c1-13-15(21)8-5-9-16(13)22-19(25)10-28-20-23-17-11-29(26,27)12-18(17)24(20)14-6-3-2-4-7-14/h2-9,17-18H,10-12H2,1H3,(H,22,25)/t17-,18+/m1/s1. The van der Waals surface area contributed by atoms with E-state index in [1.807, 2.05) is 48.2 Å². The molecule has 2 aliphatic rings. The second-order valence-electron chi connectivity index (χ2n) is 7.08. The van der Waals surface area contributed by atoms with Gasteiger partial charge in [-0.3, -0.25) is 9.79 Å². The molecule has 4 rings (SSSR count). The summed E-state index contributed by atoms with van der Waals surface area (Å²) in [4.78, 5) is 19.1. The number of hydrogen-bond acceptors (Lipinski definition) is 6. The lowest BCUT2D eigenvalue weighted by Crippen LogP contribution is -2.39. The fourth-order valence-electron chi connectivity index (χ4n) is 3.58. The summed E-state index contributed by atoms with van der Waals surface area (Å²) in [7, 11) is -3.10. The molecule has 0 aromatic heterocycles. The number of halogens is 1. The van der Waals surface area contributed by atoms with Gasteiger partial charge in [0.25, 0.3) is 0 Å². The van der Waals surface area contributed by atoms with Crippen LogP contribution in [0.4, 0.5) is 11.4 Å². The fraction of sp³-hybridized carbons (Fsp3) is 0.300. The van der Waals surface area contributed by atoms with Crippen molar-refractivity contribution < 1.29 is 13.2 Å². The SMILES string of the molecule is Cc1c(Cl)cccc1NC(=O)CSC1=N[C@@H]2CS(=O)(=O)C[C@@H]2N1c1ccccc1. The van der Waals surface area contributed by atoms with Crippen LogP contribution in [0.25, 0.3) is 0 Å². The summed E-state index contributed by atoms with van der Waals surface area (Å²) in [6.45, 7) is 1.85. The number of para-hydroxylation sites is 1. The second kappa shape index (κ2) is 8.01. The minimum atomic E-state index is -3.10. The Balaban J connectivity index is 1.49. The molecule has 0 aliphatic carbocycles. The molecule has 2 aliphatic heterocycles. The third kappa shape index (κ3) is 4.29. The van der Waals surface area contributed by atoms with Gasteiger partial charge >= 0.3 is 0 Å². The molecule has 6 nitrogen and oxygen atoms in total. The average Bonchev–Trinajstić information content (AvgIpc) is 3.15. The molecule has 2 heterocycles. The Bertz CT molecular complexity index is 1070. The van der Waals surface area contributed by atoms with Gasteiger partial charge in [0.05, 0.1) is 29.3 Å². The highest BCUT2D eigenvalue weighted by molar-refractivity contribution is 8.14. The number of amidine groups is 1. The van der Waals surface area contributed by atoms with Crippen LogP contribution in [0, 0.1) is 6.92 Å². The zero-order valence-electron chi connectivity index (χ0n) is 15.7. The maximum atomic E-state index is 12.5. The highest BCUT2D eigenvalue weighted by atomic mass is 35.5. The van der Waals surface area contributed by atoms with Crippen LogP contribution in [0.15, 0.2) is 53.5 Å². The smallest absolute Gasteiger partial charge is 0.234 e. The Hall–Kier alpha value is -2.03. The molecule has 1 saturated heterocycles. The zero-order valence-corrected chi connectivity index (χ0v) is 18.1. The van der Waals surface area contributed by atoms with Crippen molar-refractivity contribution in [2.75, 3.05) is 27.5 Å². The van der Waals surface area contributed by atoms with Gasteiger partial charge in [-0.1, -0.05) is 47.6 Å². The summed E-state index contributed by atoms with van der Waals surface area (Å²) < 4.78 is 24.2. The number of carbonyl (C=O) groups is 1. The van der Waals surface area contributed by atoms with Crippen molar-refractivity contribution in [3.63, 3.8) is 0 Å². The van der Waals surface area contributed by atoms with E-state index in [-0.39, 0.29) is 35.2 Å². The summed E-state index contributed by atoms with van der Waals surface area (Å²) in [6, 6.07) is 14.4. The minimum Gasteiger partial charge on any atom is -0.325 e. The number of thioether (sulfide) groups is 1. The first kappa shape index (κ1) is 20.3. The number of aliphatic imine (C=N–C) groups is 1. The first-order valence-corrected chi connectivity index (χ1v) is 12.3. The summed E-state index contributed by atoms with van der Waals surface area (Å²) in [5.74, 6) is 0.133. The Morgan fingerprint density at radius 1 is 1.21 bits per heavy atom. The highest BCUT2D eigenvalue weighted by Crippen LogP contribution is 2.35. The summed E-state index contributed by atoms with van der Waals surface area (Å²) in [5, 5.41) is 4.16. The Morgan fingerprint density at radius 3 is 2.72 bits per heavy atom. The van der Waals surface area contributed by atoms with Crippen LogP contribution < -0.4 is 10.2 Å². The van der Waals surface area contributed by atoms with Crippen molar-refractivity contribution in [3.8, 4) is 0 Å². The van der Waals surface area contributed by atoms with E-state index in [1.165, 1.54) is 11.8 Å². The maximum Gasteiger partial charge on any atom is 0.234 e. The van der Waals surface area contributed by atoms with E-state index < -0.39 is 9.84 Å². The van der Waals surface area contributed by atoms with Gasteiger partial charge in [0.15, 0.2) is 15.0 Å². The summed E-state index contributed by atoms with van der Waals surface area (Å²) in [5.41, 5.74) is 2.38. The second-order valence-corrected chi connectivity index (χ2v) is 10.6. The molecule has 2 aromatic rings. The fourth-order valence-corrected chi connectivity index (χ4v) is 6.52. The largest absolute Gasteiger partial charge is 0.325 e. The van der Waals surface area contributed by atoms with Crippen molar-refractivity contribution in [2.24, 2.45) is 4.99 Å². The number of benzene rings is 2. The van der Waals surface area contributed by atoms with E-state index in [0.29, 0.717) is 15.9 Å². The van der Waals surface area contributed by atoms with Gasteiger partial charge in [0.1, 0.15) is 0 Å². The molecule has 0 unspecified atom stereocenters. The van der Waals surface area contributed by atoms with E-state index in [2.05, 4.69) is 10.3 Å². The molecule has 1 fully saturated rings. The molecule has 1 amide bonds. The maximum absolute atomic E-state index is 12.5. The predicted molar refractivity (Wildman–Crippen MR) is 120 cm³/mol. The average molecular weight is 450 g/mol. The first-order valence-electron chi connectivity index (χ1n) is 9.14. The number of hydrogen-bond donors (Lipinski definition) is 1. The van der Waals surface area contributed by atoms with Gasteiger partial charge in [0.2, 0.25) is 5.91 Å². The Morgan fingerprint density at radius 2 is 1.97 bits per heavy atom. The third-order valence-electron chi connectivity index (χ3n) is 5.02. The number of rotatable bonds is 4. The Kier molecular flexibility index (Phi) is 5.59. The van der Waals surface area contributed by atoms with Crippen LogP contribution in [-0.4, -0.2) is 48.8 Å². The molecule has 152 valence electrons. The van der Waals surface area contributed by atoms with Crippen LogP contribution in [0.2, 0.25) is 5.02 Å². The van der Waals surface area contributed by atoms with E-state index >= 15 is 0 Å².